The van der Waals surface area contributed by atoms with Gasteiger partial charge >= 0.3 is 12.1 Å². The highest BCUT2D eigenvalue weighted by molar-refractivity contribution is 5.96. The van der Waals surface area contributed by atoms with Crippen LogP contribution in [0, 0.1) is 17.8 Å². The number of carboxylic acid groups (broad SMARTS) is 1. The Hall–Kier alpha value is -3.95. The number of aromatic nitrogens is 1. The minimum atomic E-state index is -1.42. The fraction of sp³-hybridized carbons (Fsp3) is 0.483. The molecule has 3 N–H and O–H groups in total. The van der Waals surface area contributed by atoms with Gasteiger partial charge in [0, 0.05) is 23.4 Å². The number of hydrogen-bond donors (Lipinski definition) is 3. The smallest absolute Gasteiger partial charge is 0.408 e. The highest BCUT2D eigenvalue weighted by Crippen LogP contribution is 2.46. The molecule has 10 heteroatoms. The summed E-state index contributed by atoms with van der Waals surface area (Å²) < 4.78 is 11.6. The summed E-state index contributed by atoms with van der Waals surface area (Å²) in [5.74, 6) is -3.49. The number of benzene rings is 1. The van der Waals surface area contributed by atoms with Crippen molar-refractivity contribution in [1.29, 1.82) is 0 Å². The molecule has 0 bridgehead atoms. The monoisotopic (exact) mass is 537 g/mol. The first kappa shape index (κ1) is 28.1. The number of rotatable bonds is 9. The van der Waals surface area contributed by atoms with Crippen LogP contribution < -0.4 is 15.4 Å². The molecule has 1 aromatic heterocycles. The largest absolute Gasteiger partial charge is 0.490 e. The van der Waals surface area contributed by atoms with Crippen LogP contribution in [0.15, 0.2) is 49.2 Å². The average molecular weight is 538 g/mol. The Balaban J connectivity index is 1.55. The van der Waals surface area contributed by atoms with Gasteiger partial charge in [0.15, 0.2) is 5.78 Å². The van der Waals surface area contributed by atoms with Gasteiger partial charge in [-0.2, -0.15) is 0 Å². The lowest BCUT2D eigenvalue weighted by Gasteiger charge is -2.25. The van der Waals surface area contributed by atoms with Gasteiger partial charge in [0.05, 0.1) is 17.5 Å². The summed E-state index contributed by atoms with van der Waals surface area (Å²) in [5, 5.41) is 15.8. The van der Waals surface area contributed by atoms with E-state index in [2.05, 4.69) is 22.2 Å². The number of nitrogens with zero attached hydrogens (tertiary/aromatic N) is 1. The Kier molecular flexibility index (Phi) is 7.68. The fourth-order valence-corrected chi connectivity index (χ4v) is 5.25. The lowest BCUT2D eigenvalue weighted by Crippen LogP contribution is -2.50. The van der Waals surface area contributed by atoms with Crippen molar-refractivity contribution in [1.82, 2.24) is 15.6 Å². The molecule has 6 atom stereocenters. The summed E-state index contributed by atoms with van der Waals surface area (Å²) in [4.78, 5) is 55.7. The number of nitrogens with one attached hydrogen (secondary N) is 2. The molecule has 0 saturated heterocycles. The maximum Gasteiger partial charge on any atom is 0.408 e. The minimum Gasteiger partial charge on any atom is -0.490 e. The zero-order valence-electron chi connectivity index (χ0n) is 22.6. The van der Waals surface area contributed by atoms with Gasteiger partial charge in [0.25, 0.3) is 0 Å². The normalized spacial score (nSPS) is 26.8. The van der Waals surface area contributed by atoms with Crippen LogP contribution >= 0.6 is 0 Å². The van der Waals surface area contributed by atoms with E-state index in [9.17, 15) is 24.3 Å². The first-order chi connectivity index (χ1) is 18.3. The topological polar surface area (TPSA) is 144 Å². The number of carboxylic acids is 1. The molecule has 4 rings (SSSR count). The second-order valence-electron chi connectivity index (χ2n) is 11.3. The third-order valence-corrected chi connectivity index (χ3v) is 7.31. The van der Waals surface area contributed by atoms with E-state index in [4.69, 9.17) is 9.47 Å². The maximum atomic E-state index is 13.6. The third kappa shape index (κ3) is 6.05. The number of carbonyl (C=O) groups is 4. The van der Waals surface area contributed by atoms with Crippen molar-refractivity contribution in [2.45, 2.75) is 70.2 Å². The highest BCUT2D eigenvalue weighted by Gasteiger charge is 2.61. The number of ketones is 1. The first-order valence-corrected chi connectivity index (χ1v) is 13.1. The third-order valence-electron chi connectivity index (χ3n) is 7.31. The van der Waals surface area contributed by atoms with Crippen LogP contribution in [0.4, 0.5) is 4.79 Å². The van der Waals surface area contributed by atoms with E-state index in [0.717, 1.165) is 10.9 Å². The van der Waals surface area contributed by atoms with E-state index in [1.807, 2.05) is 24.3 Å². The number of fused-ring (bicyclic) bond motifs is 1. The van der Waals surface area contributed by atoms with Crippen molar-refractivity contribution in [3.8, 4) is 5.75 Å². The molecule has 2 aliphatic carbocycles. The molecule has 0 spiro atoms. The number of hydrogen-bond acceptors (Lipinski definition) is 7. The van der Waals surface area contributed by atoms with Crippen molar-refractivity contribution in [2.75, 3.05) is 0 Å². The second-order valence-corrected chi connectivity index (χ2v) is 11.3. The second kappa shape index (κ2) is 10.7. The molecule has 39 heavy (non-hydrogen) atoms. The fourth-order valence-electron chi connectivity index (χ4n) is 5.25. The van der Waals surface area contributed by atoms with Crippen LogP contribution in [0.1, 0.15) is 47.0 Å². The van der Waals surface area contributed by atoms with Crippen LogP contribution in [0.25, 0.3) is 10.9 Å². The molecule has 1 aromatic carbocycles. The molecular formula is C29H35N3O7. The molecule has 2 saturated carbocycles. The summed E-state index contributed by atoms with van der Waals surface area (Å²) in [6.45, 7) is 10.4. The van der Waals surface area contributed by atoms with Crippen LogP contribution in [-0.2, 0) is 19.1 Å². The lowest BCUT2D eigenvalue weighted by atomic mass is 9.88. The number of amides is 2. The molecule has 2 aliphatic rings. The van der Waals surface area contributed by atoms with Crippen molar-refractivity contribution < 1.29 is 33.8 Å². The Bertz CT molecular complexity index is 1300. The summed E-state index contributed by atoms with van der Waals surface area (Å²) in [5.41, 5.74) is -1.42. The number of para-hydroxylation sites is 1. The van der Waals surface area contributed by atoms with Crippen molar-refractivity contribution in [3.05, 3.63) is 49.2 Å². The number of Topliss-reactive ketones (excluding diaryl/α,β-unsaturated/α-hetero) is 1. The van der Waals surface area contributed by atoms with Gasteiger partial charge < -0.3 is 25.2 Å². The quantitative estimate of drug-likeness (QED) is 0.411. The zero-order valence-corrected chi connectivity index (χ0v) is 22.6. The molecule has 2 amide bonds. The van der Waals surface area contributed by atoms with Crippen LogP contribution in [0.5, 0.6) is 5.75 Å². The van der Waals surface area contributed by atoms with Crippen molar-refractivity contribution in [2.24, 2.45) is 17.8 Å². The number of alkyl carbamates (subject to hydrolysis) is 1. The summed E-state index contributed by atoms with van der Waals surface area (Å²) in [6, 6.07) is 8.28. The van der Waals surface area contributed by atoms with Gasteiger partial charge in [-0.15, -0.1) is 6.58 Å². The van der Waals surface area contributed by atoms with E-state index in [1.165, 1.54) is 6.08 Å². The Labute approximate surface area is 227 Å². The zero-order chi connectivity index (χ0) is 28.5. The number of pyridine rings is 1. The molecule has 2 fully saturated rings. The van der Waals surface area contributed by atoms with Crippen LogP contribution in [-0.4, -0.2) is 57.1 Å². The van der Waals surface area contributed by atoms with Gasteiger partial charge in [0.2, 0.25) is 5.91 Å². The Morgan fingerprint density at radius 3 is 2.49 bits per heavy atom. The van der Waals surface area contributed by atoms with E-state index in [0.29, 0.717) is 5.75 Å². The molecule has 208 valence electrons. The van der Waals surface area contributed by atoms with E-state index < -0.39 is 59.0 Å². The molecular weight excluding hydrogens is 502 g/mol. The molecule has 1 heterocycles. The van der Waals surface area contributed by atoms with Crippen molar-refractivity contribution >= 4 is 34.7 Å². The number of ether oxygens (including phenoxy) is 2. The number of carbonyl (C=O) groups excluding carboxylic acids is 3. The average Bonchev–Trinajstić information content (AvgIpc) is 3.42. The molecule has 2 aromatic rings. The molecule has 0 aliphatic heterocycles. The Morgan fingerprint density at radius 1 is 1.15 bits per heavy atom. The molecule has 1 unspecified atom stereocenters. The predicted octanol–water partition coefficient (Wildman–Crippen LogP) is 3.64. The summed E-state index contributed by atoms with van der Waals surface area (Å²) >= 11 is 0. The van der Waals surface area contributed by atoms with Crippen LogP contribution in [0.2, 0.25) is 0 Å². The Morgan fingerprint density at radius 2 is 1.85 bits per heavy atom. The summed E-state index contributed by atoms with van der Waals surface area (Å²) in [6.07, 6.45) is 2.57. The number of aliphatic carboxylic acids is 1. The van der Waals surface area contributed by atoms with Crippen molar-refractivity contribution in [3.63, 3.8) is 0 Å². The van der Waals surface area contributed by atoms with E-state index in [1.54, 1.807) is 40.0 Å². The van der Waals surface area contributed by atoms with Gasteiger partial charge in [-0.1, -0.05) is 18.2 Å². The maximum absolute atomic E-state index is 13.6. The van der Waals surface area contributed by atoms with E-state index in [-0.39, 0.29) is 25.0 Å². The van der Waals surface area contributed by atoms with Crippen LogP contribution in [0.3, 0.4) is 0 Å². The van der Waals surface area contributed by atoms with Gasteiger partial charge in [0.1, 0.15) is 23.0 Å². The van der Waals surface area contributed by atoms with Gasteiger partial charge in [-0.3, -0.25) is 14.6 Å². The van der Waals surface area contributed by atoms with Gasteiger partial charge in [-0.25, -0.2) is 9.59 Å². The van der Waals surface area contributed by atoms with E-state index >= 15 is 0 Å². The molecule has 10 nitrogen and oxygen atoms in total. The highest BCUT2D eigenvalue weighted by atomic mass is 16.6. The minimum absolute atomic E-state index is 0.201. The SMILES string of the molecule is C=C[C@H]1C[C@]1(NC(=O)[C@@H]1C[C@@H](Oc2ccnc3ccccc23)CC1C(=O)[C@H](C)NC(=O)OC(C)(C)C)C(=O)O. The standard InChI is InChI=1S/C29H35N3O7/c1-6-17-15-29(17,26(35)36)32-25(34)21-14-18(38-23-11-12-30-22-10-8-7-9-19(22)23)13-20(21)24(33)16(2)31-27(37)39-28(3,4)5/h6-12,16-18,20-21H,1,13-15H2,2-5H3,(H,31,37)(H,32,34)(H,35,36)/t16-,17-,18-,20?,21+,29+/m0/s1. The first-order valence-electron chi connectivity index (χ1n) is 13.1. The molecule has 0 radical (unpaired) electrons. The lowest BCUT2D eigenvalue weighted by molar-refractivity contribution is -0.144. The predicted molar refractivity (Wildman–Crippen MR) is 143 cm³/mol. The van der Waals surface area contributed by atoms with Gasteiger partial charge in [-0.05, 0) is 65.2 Å². The summed E-state index contributed by atoms with van der Waals surface area (Å²) in [7, 11) is 0.